The predicted molar refractivity (Wildman–Crippen MR) is 81.1 cm³/mol. The van der Waals surface area contributed by atoms with Crippen LogP contribution in [0.3, 0.4) is 0 Å². The molecule has 1 atom stereocenters. The molecule has 0 aliphatic rings. The van der Waals surface area contributed by atoms with E-state index in [9.17, 15) is 0 Å². The molecule has 0 aliphatic heterocycles. The van der Waals surface area contributed by atoms with Gasteiger partial charge in [0.15, 0.2) is 0 Å². The van der Waals surface area contributed by atoms with E-state index in [4.69, 9.17) is 0 Å². The largest absolute Gasteiger partial charge is 0.0885 e. The first kappa shape index (κ1) is 14.8. The standard InChI is InChI=1S/C16H25Br/c1-11-9-13(3)14(10-12(11)2)7-8-15(17)16(4,5)6/h9-10,15H,7-8H2,1-6H3. The van der Waals surface area contributed by atoms with E-state index in [0.29, 0.717) is 10.2 Å². The lowest BCUT2D eigenvalue weighted by atomic mass is 9.88. The van der Waals surface area contributed by atoms with Crippen molar-refractivity contribution in [2.45, 2.75) is 59.2 Å². The Morgan fingerprint density at radius 1 is 1.00 bits per heavy atom. The number of benzene rings is 1. The van der Waals surface area contributed by atoms with Crippen molar-refractivity contribution in [3.63, 3.8) is 0 Å². The van der Waals surface area contributed by atoms with Gasteiger partial charge in [-0.2, -0.15) is 0 Å². The smallest absolute Gasteiger partial charge is 0.0197 e. The van der Waals surface area contributed by atoms with E-state index in [1.54, 1.807) is 0 Å². The lowest BCUT2D eigenvalue weighted by Crippen LogP contribution is -2.20. The van der Waals surface area contributed by atoms with Gasteiger partial charge in [-0.15, -0.1) is 0 Å². The maximum atomic E-state index is 3.81. The molecule has 0 bridgehead atoms. The molecule has 96 valence electrons. The molecule has 1 aromatic carbocycles. The molecule has 0 amide bonds. The van der Waals surface area contributed by atoms with Crippen molar-refractivity contribution in [1.82, 2.24) is 0 Å². The van der Waals surface area contributed by atoms with Crippen molar-refractivity contribution in [1.29, 1.82) is 0 Å². The van der Waals surface area contributed by atoms with E-state index in [1.165, 1.54) is 35.1 Å². The maximum Gasteiger partial charge on any atom is 0.0197 e. The van der Waals surface area contributed by atoms with E-state index >= 15 is 0 Å². The van der Waals surface area contributed by atoms with E-state index < -0.39 is 0 Å². The molecule has 0 aromatic heterocycles. The Morgan fingerprint density at radius 3 is 2.06 bits per heavy atom. The van der Waals surface area contributed by atoms with Gasteiger partial charge < -0.3 is 0 Å². The highest BCUT2D eigenvalue weighted by Gasteiger charge is 2.21. The number of aryl methyl sites for hydroxylation is 4. The van der Waals surface area contributed by atoms with Gasteiger partial charge in [0.05, 0.1) is 0 Å². The summed E-state index contributed by atoms with van der Waals surface area (Å²) in [6, 6.07) is 4.66. The molecule has 0 N–H and O–H groups in total. The molecule has 0 saturated heterocycles. The second-order valence-electron chi connectivity index (χ2n) is 6.24. The van der Waals surface area contributed by atoms with Crippen LogP contribution < -0.4 is 0 Å². The molecular weight excluding hydrogens is 272 g/mol. The second-order valence-corrected chi connectivity index (χ2v) is 7.34. The Bertz CT molecular complexity index is 385. The lowest BCUT2D eigenvalue weighted by Gasteiger charge is -2.25. The van der Waals surface area contributed by atoms with Crippen molar-refractivity contribution < 1.29 is 0 Å². The molecule has 0 saturated carbocycles. The van der Waals surface area contributed by atoms with Gasteiger partial charge in [-0.05, 0) is 61.3 Å². The molecule has 0 nitrogen and oxygen atoms in total. The van der Waals surface area contributed by atoms with E-state index in [0.717, 1.165) is 0 Å². The minimum absolute atomic E-state index is 0.341. The van der Waals surface area contributed by atoms with Gasteiger partial charge in [-0.3, -0.25) is 0 Å². The van der Waals surface area contributed by atoms with Gasteiger partial charge in [0.2, 0.25) is 0 Å². The number of hydrogen-bond donors (Lipinski definition) is 0. The Hall–Kier alpha value is -0.300. The van der Waals surface area contributed by atoms with E-state index in [-0.39, 0.29) is 0 Å². The fraction of sp³-hybridized carbons (Fsp3) is 0.625. The molecule has 1 aromatic rings. The summed E-state index contributed by atoms with van der Waals surface area (Å²) >= 11 is 3.81. The molecule has 0 spiro atoms. The average Bonchev–Trinajstić information content (AvgIpc) is 2.19. The topological polar surface area (TPSA) is 0 Å². The van der Waals surface area contributed by atoms with Crippen LogP contribution in [0.4, 0.5) is 0 Å². The number of rotatable bonds is 3. The molecule has 0 fully saturated rings. The number of alkyl halides is 1. The minimum atomic E-state index is 0.341. The van der Waals surface area contributed by atoms with Crippen molar-refractivity contribution in [3.05, 3.63) is 34.4 Å². The van der Waals surface area contributed by atoms with Gasteiger partial charge in [-0.1, -0.05) is 48.8 Å². The predicted octanol–water partition coefficient (Wildman–Crippen LogP) is 5.35. The summed E-state index contributed by atoms with van der Waals surface area (Å²) < 4.78 is 0. The normalized spacial score (nSPS) is 13.8. The van der Waals surface area contributed by atoms with Crippen molar-refractivity contribution in [3.8, 4) is 0 Å². The lowest BCUT2D eigenvalue weighted by molar-refractivity contribution is 0.385. The first-order valence-electron chi connectivity index (χ1n) is 6.42. The van der Waals surface area contributed by atoms with Gasteiger partial charge in [0, 0.05) is 4.83 Å². The zero-order valence-electron chi connectivity index (χ0n) is 12.0. The van der Waals surface area contributed by atoms with Crippen LogP contribution in [-0.2, 0) is 6.42 Å². The number of hydrogen-bond acceptors (Lipinski definition) is 0. The van der Waals surface area contributed by atoms with Crippen LogP contribution in [0.2, 0.25) is 0 Å². The first-order valence-corrected chi connectivity index (χ1v) is 7.34. The van der Waals surface area contributed by atoms with Crippen LogP contribution in [0.1, 0.15) is 49.4 Å². The molecule has 1 unspecified atom stereocenters. The Kier molecular flexibility index (Phi) is 4.83. The molecule has 1 heteroatoms. The summed E-state index contributed by atoms with van der Waals surface area (Å²) in [6.45, 7) is 13.5. The van der Waals surface area contributed by atoms with Crippen LogP contribution >= 0.6 is 15.9 Å². The molecule has 0 aliphatic carbocycles. The second kappa shape index (κ2) is 5.56. The average molecular weight is 297 g/mol. The molecule has 0 heterocycles. The third-order valence-corrected chi connectivity index (χ3v) is 5.39. The summed E-state index contributed by atoms with van der Waals surface area (Å²) in [6.07, 6.45) is 2.37. The molecule has 0 radical (unpaired) electrons. The maximum absolute atomic E-state index is 3.81. The Morgan fingerprint density at radius 2 is 1.53 bits per heavy atom. The molecular formula is C16H25Br. The van der Waals surface area contributed by atoms with Gasteiger partial charge in [0.25, 0.3) is 0 Å². The van der Waals surface area contributed by atoms with Crippen LogP contribution in [0.25, 0.3) is 0 Å². The van der Waals surface area contributed by atoms with E-state index in [1.807, 2.05) is 0 Å². The minimum Gasteiger partial charge on any atom is -0.0885 e. The SMILES string of the molecule is Cc1cc(C)c(CCC(Br)C(C)(C)C)cc1C. The van der Waals surface area contributed by atoms with Crippen LogP contribution in [0.5, 0.6) is 0 Å². The Labute approximate surface area is 115 Å². The summed E-state index contributed by atoms with van der Waals surface area (Å²) in [5.74, 6) is 0. The monoisotopic (exact) mass is 296 g/mol. The highest BCUT2D eigenvalue weighted by Crippen LogP contribution is 2.30. The molecule has 1 rings (SSSR count). The number of halogens is 1. The van der Waals surface area contributed by atoms with Crippen LogP contribution in [0, 0.1) is 26.2 Å². The fourth-order valence-corrected chi connectivity index (χ4v) is 2.23. The highest BCUT2D eigenvalue weighted by atomic mass is 79.9. The van der Waals surface area contributed by atoms with Gasteiger partial charge >= 0.3 is 0 Å². The zero-order valence-corrected chi connectivity index (χ0v) is 13.6. The summed E-state index contributed by atoms with van der Waals surface area (Å²) in [7, 11) is 0. The Balaban J connectivity index is 2.73. The van der Waals surface area contributed by atoms with Gasteiger partial charge in [0.1, 0.15) is 0 Å². The summed E-state index contributed by atoms with van der Waals surface area (Å²) in [5, 5.41) is 0. The highest BCUT2D eigenvalue weighted by molar-refractivity contribution is 9.09. The zero-order chi connectivity index (χ0) is 13.2. The summed E-state index contributed by atoms with van der Waals surface area (Å²) in [5.41, 5.74) is 6.08. The van der Waals surface area contributed by atoms with Crippen molar-refractivity contribution in [2.75, 3.05) is 0 Å². The van der Waals surface area contributed by atoms with Crippen LogP contribution in [0.15, 0.2) is 12.1 Å². The third-order valence-electron chi connectivity index (χ3n) is 3.56. The van der Waals surface area contributed by atoms with Crippen molar-refractivity contribution in [2.24, 2.45) is 5.41 Å². The first-order chi connectivity index (χ1) is 7.71. The third kappa shape index (κ3) is 4.13. The quantitative estimate of drug-likeness (QED) is 0.659. The molecule has 17 heavy (non-hydrogen) atoms. The van der Waals surface area contributed by atoms with E-state index in [2.05, 4.69) is 69.6 Å². The summed E-state index contributed by atoms with van der Waals surface area (Å²) in [4.78, 5) is 0.580. The van der Waals surface area contributed by atoms with Crippen LogP contribution in [-0.4, -0.2) is 4.83 Å². The van der Waals surface area contributed by atoms with Crippen molar-refractivity contribution >= 4 is 15.9 Å². The van der Waals surface area contributed by atoms with Gasteiger partial charge in [-0.25, -0.2) is 0 Å². The fourth-order valence-electron chi connectivity index (χ4n) is 2.00.